The second-order valence-electron chi connectivity index (χ2n) is 8.58. The molecule has 30 heavy (non-hydrogen) atoms. The minimum absolute atomic E-state index is 0.0383. The summed E-state index contributed by atoms with van der Waals surface area (Å²) in [4.78, 5) is 24.6. The molecule has 0 spiro atoms. The molecule has 1 aromatic carbocycles. The maximum Gasteiger partial charge on any atom is 0.319 e. The molecule has 6 heteroatoms. The quantitative estimate of drug-likeness (QED) is 0.622. The molecule has 1 saturated carbocycles. The Labute approximate surface area is 179 Å². The van der Waals surface area contributed by atoms with E-state index in [4.69, 9.17) is 0 Å². The van der Waals surface area contributed by atoms with Crippen LogP contribution in [0.5, 0.6) is 0 Å². The second kappa shape index (κ2) is 9.83. The van der Waals surface area contributed by atoms with Gasteiger partial charge < -0.3 is 20.5 Å². The van der Waals surface area contributed by atoms with Crippen molar-refractivity contribution < 1.29 is 9.59 Å². The zero-order chi connectivity index (χ0) is 21.7. The van der Waals surface area contributed by atoms with Crippen LogP contribution in [0.15, 0.2) is 30.3 Å². The van der Waals surface area contributed by atoms with Crippen molar-refractivity contribution in [2.75, 3.05) is 5.32 Å². The fraction of sp³-hybridized carbons (Fsp3) is 0.500. The zero-order valence-corrected chi connectivity index (χ0v) is 18.5. The lowest BCUT2D eigenvalue weighted by molar-refractivity contribution is 0.0950. The topological polar surface area (TPSA) is 75.2 Å². The fourth-order valence-corrected chi connectivity index (χ4v) is 4.32. The standard InChI is InChI=1S/C24H34N4O2/c1-16(2)26-24(30)27-20-12-10-19(11-13-20)15-25-23(29)22-14-17(3)28(18(22)4)21-8-6-5-7-9-21/h10-14,16,21H,5-9,15H2,1-4H3,(H,25,29)(H2,26,27,30). The van der Waals surface area contributed by atoms with Gasteiger partial charge in [0.25, 0.3) is 5.91 Å². The number of rotatable bonds is 6. The van der Waals surface area contributed by atoms with Gasteiger partial charge in [-0.05, 0) is 64.3 Å². The maximum absolute atomic E-state index is 12.8. The molecule has 3 N–H and O–H groups in total. The number of benzene rings is 1. The first-order chi connectivity index (χ1) is 14.3. The molecular formula is C24H34N4O2. The lowest BCUT2D eigenvalue weighted by Crippen LogP contribution is -2.34. The summed E-state index contributed by atoms with van der Waals surface area (Å²) in [5.74, 6) is -0.0383. The van der Waals surface area contributed by atoms with Crippen LogP contribution in [0.4, 0.5) is 10.5 Å². The number of hydrogen-bond donors (Lipinski definition) is 3. The normalized spacial score (nSPS) is 14.6. The van der Waals surface area contributed by atoms with Crippen molar-refractivity contribution in [3.05, 3.63) is 52.8 Å². The number of aryl methyl sites for hydroxylation is 1. The molecule has 162 valence electrons. The van der Waals surface area contributed by atoms with Gasteiger partial charge in [-0.3, -0.25) is 4.79 Å². The molecule has 1 aliphatic rings. The van der Waals surface area contributed by atoms with E-state index < -0.39 is 0 Å². The second-order valence-corrected chi connectivity index (χ2v) is 8.58. The van der Waals surface area contributed by atoms with Gasteiger partial charge in [-0.15, -0.1) is 0 Å². The summed E-state index contributed by atoms with van der Waals surface area (Å²) in [5, 5.41) is 8.62. The van der Waals surface area contributed by atoms with Crippen LogP contribution in [0.1, 0.15) is 79.3 Å². The van der Waals surface area contributed by atoms with Gasteiger partial charge >= 0.3 is 6.03 Å². The third kappa shape index (κ3) is 5.43. The number of nitrogens with one attached hydrogen (secondary N) is 3. The fourth-order valence-electron chi connectivity index (χ4n) is 4.32. The van der Waals surface area contributed by atoms with E-state index in [0.717, 1.165) is 22.5 Å². The van der Waals surface area contributed by atoms with Gasteiger partial charge in [0, 0.05) is 35.7 Å². The summed E-state index contributed by atoms with van der Waals surface area (Å²) >= 11 is 0. The van der Waals surface area contributed by atoms with E-state index in [1.807, 2.05) is 44.2 Å². The van der Waals surface area contributed by atoms with Crippen molar-refractivity contribution >= 4 is 17.6 Å². The van der Waals surface area contributed by atoms with E-state index in [1.54, 1.807) is 0 Å². The van der Waals surface area contributed by atoms with Crippen molar-refractivity contribution in [3.8, 4) is 0 Å². The van der Waals surface area contributed by atoms with E-state index in [9.17, 15) is 9.59 Å². The minimum Gasteiger partial charge on any atom is -0.348 e. The van der Waals surface area contributed by atoms with Gasteiger partial charge in [0.05, 0.1) is 5.56 Å². The van der Waals surface area contributed by atoms with E-state index in [2.05, 4.69) is 34.4 Å². The van der Waals surface area contributed by atoms with Crippen LogP contribution in [0, 0.1) is 13.8 Å². The summed E-state index contributed by atoms with van der Waals surface area (Å²) in [6, 6.07) is 9.91. The van der Waals surface area contributed by atoms with Crippen LogP contribution in [-0.2, 0) is 6.54 Å². The van der Waals surface area contributed by atoms with Crippen LogP contribution < -0.4 is 16.0 Å². The highest BCUT2D eigenvalue weighted by Crippen LogP contribution is 2.32. The molecule has 2 aromatic rings. The number of nitrogens with zero attached hydrogens (tertiary/aromatic N) is 1. The molecule has 1 heterocycles. The van der Waals surface area contributed by atoms with Crippen molar-refractivity contribution in [2.24, 2.45) is 0 Å². The molecule has 3 amide bonds. The molecule has 1 aliphatic carbocycles. The molecule has 1 fully saturated rings. The Balaban J connectivity index is 1.58. The minimum atomic E-state index is -0.223. The molecule has 6 nitrogen and oxygen atoms in total. The SMILES string of the molecule is Cc1cc(C(=O)NCc2ccc(NC(=O)NC(C)C)cc2)c(C)n1C1CCCCC1. The predicted molar refractivity (Wildman–Crippen MR) is 121 cm³/mol. The molecule has 0 bridgehead atoms. The Hall–Kier alpha value is -2.76. The number of amides is 3. The van der Waals surface area contributed by atoms with Crippen molar-refractivity contribution in [1.29, 1.82) is 0 Å². The number of carbonyl (C=O) groups excluding carboxylic acids is 2. The maximum atomic E-state index is 12.8. The van der Waals surface area contributed by atoms with E-state index >= 15 is 0 Å². The molecule has 0 saturated heterocycles. The first-order valence-corrected chi connectivity index (χ1v) is 11.0. The highest BCUT2D eigenvalue weighted by molar-refractivity contribution is 5.95. The summed E-state index contributed by atoms with van der Waals surface area (Å²) in [7, 11) is 0. The number of carbonyl (C=O) groups is 2. The predicted octanol–water partition coefficient (Wildman–Crippen LogP) is 5.07. The summed E-state index contributed by atoms with van der Waals surface area (Å²) in [6.07, 6.45) is 6.26. The summed E-state index contributed by atoms with van der Waals surface area (Å²) < 4.78 is 2.36. The lowest BCUT2D eigenvalue weighted by Gasteiger charge is -2.26. The third-order valence-electron chi connectivity index (χ3n) is 5.75. The summed E-state index contributed by atoms with van der Waals surface area (Å²) in [5.41, 5.74) is 4.70. The Kier molecular flexibility index (Phi) is 7.19. The van der Waals surface area contributed by atoms with Crippen LogP contribution >= 0.6 is 0 Å². The third-order valence-corrected chi connectivity index (χ3v) is 5.75. The molecule has 0 radical (unpaired) electrons. The first-order valence-electron chi connectivity index (χ1n) is 11.0. The Morgan fingerprint density at radius 1 is 1.07 bits per heavy atom. The largest absolute Gasteiger partial charge is 0.348 e. The molecular weight excluding hydrogens is 376 g/mol. The van der Waals surface area contributed by atoms with Crippen LogP contribution in [-0.4, -0.2) is 22.5 Å². The van der Waals surface area contributed by atoms with Gasteiger partial charge in [-0.25, -0.2) is 4.79 Å². The van der Waals surface area contributed by atoms with Crippen molar-refractivity contribution in [2.45, 2.75) is 78.4 Å². The van der Waals surface area contributed by atoms with Gasteiger partial charge in [-0.1, -0.05) is 31.4 Å². The van der Waals surface area contributed by atoms with Gasteiger partial charge in [0.15, 0.2) is 0 Å². The summed E-state index contributed by atoms with van der Waals surface area (Å²) in [6.45, 7) is 8.43. The Morgan fingerprint density at radius 2 is 1.73 bits per heavy atom. The van der Waals surface area contributed by atoms with Gasteiger partial charge in [-0.2, -0.15) is 0 Å². The molecule has 0 unspecified atom stereocenters. The van der Waals surface area contributed by atoms with Crippen LogP contribution in [0.2, 0.25) is 0 Å². The molecule has 0 atom stereocenters. The number of aromatic nitrogens is 1. The monoisotopic (exact) mass is 410 g/mol. The van der Waals surface area contributed by atoms with Crippen LogP contribution in [0.3, 0.4) is 0 Å². The van der Waals surface area contributed by atoms with E-state index in [-0.39, 0.29) is 18.0 Å². The van der Waals surface area contributed by atoms with Crippen LogP contribution in [0.25, 0.3) is 0 Å². The van der Waals surface area contributed by atoms with Gasteiger partial charge in [0.2, 0.25) is 0 Å². The molecule has 1 aromatic heterocycles. The van der Waals surface area contributed by atoms with Gasteiger partial charge in [0.1, 0.15) is 0 Å². The number of anilines is 1. The number of hydrogen-bond acceptors (Lipinski definition) is 2. The molecule has 0 aliphatic heterocycles. The number of urea groups is 1. The van der Waals surface area contributed by atoms with E-state index in [0.29, 0.717) is 12.6 Å². The average molecular weight is 411 g/mol. The average Bonchev–Trinajstić information content (AvgIpc) is 3.01. The Morgan fingerprint density at radius 3 is 2.37 bits per heavy atom. The molecule has 3 rings (SSSR count). The Bertz CT molecular complexity index is 877. The van der Waals surface area contributed by atoms with Crippen molar-refractivity contribution in [1.82, 2.24) is 15.2 Å². The van der Waals surface area contributed by atoms with E-state index in [1.165, 1.54) is 37.8 Å². The highest BCUT2D eigenvalue weighted by Gasteiger charge is 2.22. The highest BCUT2D eigenvalue weighted by atomic mass is 16.2. The zero-order valence-electron chi connectivity index (χ0n) is 18.5. The smallest absolute Gasteiger partial charge is 0.319 e. The van der Waals surface area contributed by atoms with Crippen molar-refractivity contribution in [3.63, 3.8) is 0 Å². The first kappa shape index (κ1) is 21.9. The lowest BCUT2D eigenvalue weighted by atomic mass is 9.95.